The topological polar surface area (TPSA) is 44.5 Å². The number of nitrogens with two attached hydrogens (primary N) is 1. The van der Waals surface area contributed by atoms with Crippen molar-refractivity contribution in [2.24, 2.45) is 11.7 Å². The average molecular weight is 273 g/mol. The normalized spacial score (nSPS) is 29.3. The van der Waals surface area contributed by atoms with Gasteiger partial charge in [0.2, 0.25) is 0 Å². The zero-order valence-corrected chi connectivity index (χ0v) is 12.3. The van der Waals surface area contributed by atoms with E-state index in [1.165, 1.54) is 30.8 Å². The first kappa shape index (κ1) is 14.6. The Morgan fingerprint density at radius 2 is 2.22 bits per heavy atom. The second-order valence-electron chi connectivity index (χ2n) is 5.55. The zero-order chi connectivity index (χ0) is 12.8. The predicted molar refractivity (Wildman–Crippen MR) is 77.1 cm³/mol. The first-order valence-corrected chi connectivity index (χ1v) is 8.46. The fourth-order valence-electron chi connectivity index (χ4n) is 3.12. The molecule has 0 aliphatic carbocycles. The van der Waals surface area contributed by atoms with Crippen LogP contribution in [0.3, 0.4) is 0 Å². The van der Waals surface area contributed by atoms with Gasteiger partial charge in [-0.25, -0.2) is 0 Å². The summed E-state index contributed by atoms with van der Waals surface area (Å²) in [6, 6.07) is 0.284. The van der Waals surface area contributed by atoms with Crippen molar-refractivity contribution in [2.45, 2.75) is 50.7 Å². The van der Waals surface area contributed by atoms with Crippen LogP contribution in [-0.2, 0) is 9.47 Å². The minimum Gasteiger partial charge on any atom is -0.382 e. The highest BCUT2D eigenvalue weighted by Gasteiger charge is 2.40. The van der Waals surface area contributed by atoms with Gasteiger partial charge in [-0.1, -0.05) is 0 Å². The quantitative estimate of drug-likeness (QED) is 0.781. The molecule has 0 bridgehead atoms. The molecule has 2 N–H and O–H groups in total. The molecule has 2 rings (SSSR count). The summed E-state index contributed by atoms with van der Waals surface area (Å²) in [6.07, 6.45) is 5.71. The molecule has 4 heteroatoms. The van der Waals surface area contributed by atoms with Gasteiger partial charge < -0.3 is 15.2 Å². The van der Waals surface area contributed by atoms with E-state index in [2.05, 4.69) is 11.8 Å². The summed E-state index contributed by atoms with van der Waals surface area (Å²) in [6.45, 7) is 4.53. The number of thioether (sulfide) groups is 1. The van der Waals surface area contributed by atoms with Crippen LogP contribution in [0.25, 0.3) is 0 Å². The Balaban J connectivity index is 1.81. The Morgan fingerprint density at radius 1 is 1.44 bits per heavy atom. The second kappa shape index (κ2) is 7.13. The standard InChI is InChI=1S/C14H27NO2S/c1-2-16-7-4-13(15)12-3-8-17-14(11-12)5-9-18-10-6-14/h12-13H,2-11,15H2,1H3. The van der Waals surface area contributed by atoms with Crippen molar-refractivity contribution in [1.29, 1.82) is 0 Å². The first-order valence-electron chi connectivity index (χ1n) is 7.31. The number of hydrogen-bond donors (Lipinski definition) is 1. The minimum atomic E-state index is 0.164. The Morgan fingerprint density at radius 3 is 2.94 bits per heavy atom. The maximum absolute atomic E-state index is 6.34. The molecular weight excluding hydrogens is 246 g/mol. The van der Waals surface area contributed by atoms with Crippen LogP contribution >= 0.6 is 11.8 Å². The van der Waals surface area contributed by atoms with E-state index in [1.807, 2.05) is 6.92 Å². The molecule has 0 aromatic carbocycles. The first-order chi connectivity index (χ1) is 8.76. The third kappa shape index (κ3) is 3.86. The highest BCUT2D eigenvalue weighted by molar-refractivity contribution is 7.99. The molecule has 106 valence electrons. The van der Waals surface area contributed by atoms with Crippen molar-refractivity contribution in [1.82, 2.24) is 0 Å². The van der Waals surface area contributed by atoms with Gasteiger partial charge in [0.1, 0.15) is 0 Å². The molecule has 3 nitrogen and oxygen atoms in total. The van der Waals surface area contributed by atoms with Crippen LogP contribution in [-0.4, -0.2) is 43.0 Å². The van der Waals surface area contributed by atoms with Crippen LogP contribution < -0.4 is 5.73 Å². The van der Waals surface area contributed by atoms with Gasteiger partial charge in [0.15, 0.2) is 0 Å². The Bertz CT molecular complexity index is 238. The lowest BCUT2D eigenvalue weighted by molar-refractivity contribution is -0.106. The van der Waals surface area contributed by atoms with Crippen LogP contribution in [0.2, 0.25) is 0 Å². The number of hydrogen-bond acceptors (Lipinski definition) is 4. The summed E-state index contributed by atoms with van der Waals surface area (Å²) >= 11 is 2.06. The van der Waals surface area contributed by atoms with Gasteiger partial charge in [-0.15, -0.1) is 0 Å². The van der Waals surface area contributed by atoms with Crippen molar-refractivity contribution in [3.63, 3.8) is 0 Å². The van der Waals surface area contributed by atoms with Crippen LogP contribution in [0.4, 0.5) is 0 Å². The molecule has 0 aromatic rings. The molecule has 2 saturated heterocycles. The zero-order valence-electron chi connectivity index (χ0n) is 11.5. The highest BCUT2D eigenvalue weighted by atomic mass is 32.2. The average Bonchev–Trinajstić information content (AvgIpc) is 2.40. The highest BCUT2D eigenvalue weighted by Crippen LogP contribution is 2.40. The Kier molecular flexibility index (Phi) is 5.80. The molecule has 0 aromatic heterocycles. The molecule has 0 saturated carbocycles. The van der Waals surface area contributed by atoms with Gasteiger partial charge in [-0.3, -0.25) is 0 Å². The summed E-state index contributed by atoms with van der Waals surface area (Å²) in [4.78, 5) is 0. The van der Waals surface area contributed by atoms with E-state index in [0.29, 0.717) is 5.92 Å². The molecular formula is C14H27NO2S. The Hall–Kier alpha value is 0.230. The monoisotopic (exact) mass is 273 g/mol. The molecule has 2 unspecified atom stereocenters. The van der Waals surface area contributed by atoms with E-state index in [1.54, 1.807) is 0 Å². The van der Waals surface area contributed by atoms with Crippen molar-refractivity contribution >= 4 is 11.8 Å². The molecule has 1 spiro atoms. The van der Waals surface area contributed by atoms with Crippen LogP contribution in [0.5, 0.6) is 0 Å². The summed E-state index contributed by atoms with van der Waals surface area (Å²) in [5, 5.41) is 0. The fraction of sp³-hybridized carbons (Fsp3) is 1.00. The molecule has 0 amide bonds. The molecule has 2 aliphatic heterocycles. The maximum Gasteiger partial charge on any atom is 0.0701 e. The van der Waals surface area contributed by atoms with Gasteiger partial charge in [-0.2, -0.15) is 11.8 Å². The van der Waals surface area contributed by atoms with Crippen LogP contribution in [0.15, 0.2) is 0 Å². The van der Waals surface area contributed by atoms with Crippen molar-refractivity contribution in [3.05, 3.63) is 0 Å². The van der Waals surface area contributed by atoms with Gasteiger partial charge in [0.05, 0.1) is 5.60 Å². The lowest BCUT2D eigenvalue weighted by Crippen LogP contribution is -2.47. The predicted octanol–water partition coefficient (Wildman–Crippen LogP) is 2.43. The molecule has 18 heavy (non-hydrogen) atoms. The largest absolute Gasteiger partial charge is 0.382 e. The lowest BCUT2D eigenvalue weighted by atomic mass is 9.78. The summed E-state index contributed by atoms with van der Waals surface area (Å²) < 4.78 is 11.5. The minimum absolute atomic E-state index is 0.164. The van der Waals surface area contributed by atoms with Crippen molar-refractivity contribution in [2.75, 3.05) is 31.3 Å². The van der Waals surface area contributed by atoms with Crippen molar-refractivity contribution < 1.29 is 9.47 Å². The number of ether oxygens (including phenoxy) is 2. The van der Waals surface area contributed by atoms with E-state index in [0.717, 1.165) is 32.7 Å². The summed E-state index contributed by atoms with van der Waals surface area (Å²) in [5.41, 5.74) is 6.50. The van der Waals surface area contributed by atoms with E-state index >= 15 is 0 Å². The third-order valence-electron chi connectivity index (χ3n) is 4.34. The number of rotatable bonds is 5. The van der Waals surface area contributed by atoms with Crippen LogP contribution in [0.1, 0.15) is 39.0 Å². The smallest absolute Gasteiger partial charge is 0.0701 e. The molecule has 2 fully saturated rings. The third-order valence-corrected chi connectivity index (χ3v) is 5.33. The van der Waals surface area contributed by atoms with Gasteiger partial charge in [0, 0.05) is 25.9 Å². The maximum atomic E-state index is 6.34. The van der Waals surface area contributed by atoms with E-state index < -0.39 is 0 Å². The summed E-state index contributed by atoms with van der Waals surface area (Å²) in [7, 11) is 0. The van der Waals surface area contributed by atoms with Gasteiger partial charge in [-0.05, 0) is 56.5 Å². The summed E-state index contributed by atoms with van der Waals surface area (Å²) in [5.74, 6) is 3.13. The SMILES string of the molecule is CCOCCC(N)C1CCOC2(CCSCC2)C1. The Labute approximate surface area is 115 Å². The van der Waals surface area contributed by atoms with Crippen LogP contribution in [0, 0.1) is 5.92 Å². The second-order valence-corrected chi connectivity index (χ2v) is 6.77. The lowest BCUT2D eigenvalue weighted by Gasteiger charge is -2.44. The molecule has 2 aliphatic rings. The molecule has 0 radical (unpaired) electrons. The van der Waals surface area contributed by atoms with E-state index in [9.17, 15) is 0 Å². The van der Waals surface area contributed by atoms with E-state index in [-0.39, 0.29) is 11.6 Å². The fourth-order valence-corrected chi connectivity index (χ4v) is 4.36. The van der Waals surface area contributed by atoms with E-state index in [4.69, 9.17) is 15.2 Å². The molecule has 2 heterocycles. The van der Waals surface area contributed by atoms with Crippen molar-refractivity contribution in [3.8, 4) is 0 Å². The van der Waals surface area contributed by atoms with Gasteiger partial charge >= 0.3 is 0 Å². The molecule has 2 atom stereocenters. The van der Waals surface area contributed by atoms with Gasteiger partial charge in [0.25, 0.3) is 0 Å².